The molecule has 4 bridgehead atoms. The molecule has 3 saturated carbocycles. The number of para-hydroxylation sites is 1. The number of amides is 2. The molecule has 3 fully saturated rings. The smallest absolute Gasteiger partial charge is 0.319 e. The highest BCUT2D eigenvalue weighted by Gasteiger charge is 2.53. The fraction of sp³-hybridized carbons (Fsp3) is 0.611. The largest absolute Gasteiger partial charge is 0.332 e. The molecule has 0 saturated heterocycles. The van der Waals surface area contributed by atoms with E-state index in [0.717, 1.165) is 17.5 Å². The maximum absolute atomic E-state index is 12.4. The molecule has 0 aromatic heterocycles. The van der Waals surface area contributed by atoms with Gasteiger partial charge in [0, 0.05) is 11.2 Å². The third kappa shape index (κ3) is 2.33. The first-order valence-electron chi connectivity index (χ1n) is 8.39. The normalized spacial score (nSPS) is 37.0. The summed E-state index contributed by atoms with van der Waals surface area (Å²) in [6.07, 6.45) is 9.08. The van der Waals surface area contributed by atoms with Gasteiger partial charge < -0.3 is 10.6 Å². The van der Waals surface area contributed by atoms with E-state index in [2.05, 4.69) is 10.6 Å². The average molecular weight is 284 g/mol. The summed E-state index contributed by atoms with van der Waals surface area (Å²) in [4.78, 5) is 12.4. The molecule has 3 nitrogen and oxygen atoms in total. The Morgan fingerprint density at radius 1 is 1.10 bits per heavy atom. The summed E-state index contributed by atoms with van der Waals surface area (Å²) in [5, 5.41) is 6.39. The van der Waals surface area contributed by atoms with Crippen LogP contribution in [0.25, 0.3) is 0 Å². The lowest BCUT2D eigenvalue weighted by molar-refractivity contribution is 0.0624. The minimum Gasteiger partial charge on any atom is -0.332 e. The number of hydrogen-bond acceptors (Lipinski definition) is 1. The lowest BCUT2D eigenvalue weighted by atomic mass is 9.61. The molecular formula is C18H24N2O. The summed E-state index contributed by atoms with van der Waals surface area (Å²) in [5.74, 6) is 2.51. The Labute approximate surface area is 126 Å². The maximum atomic E-state index is 12.4. The van der Waals surface area contributed by atoms with Crippen LogP contribution in [0.5, 0.6) is 0 Å². The second-order valence-electron chi connectivity index (χ2n) is 7.23. The van der Waals surface area contributed by atoms with Gasteiger partial charge in [0.05, 0.1) is 0 Å². The Morgan fingerprint density at radius 2 is 1.95 bits per heavy atom. The van der Waals surface area contributed by atoms with Gasteiger partial charge in [0.15, 0.2) is 0 Å². The van der Waals surface area contributed by atoms with Gasteiger partial charge in [-0.2, -0.15) is 0 Å². The number of benzene rings is 1. The highest BCUT2D eigenvalue weighted by Crippen LogP contribution is 2.56. The van der Waals surface area contributed by atoms with Gasteiger partial charge >= 0.3 is 6.03 Å². The minimum absolute atomic E-state index is 0.0211. The fourth-order valence-electron chi connectivity index (χ4n) is 5.20. The van der Waals surface area contributed by atoms with Gasteiger partial charge in [-0.3, -0.25) is 0 Å². The molecule has 0 unspecified atom stereocenters. The lowest BCUT2D eigenvalue weighted by Gasteiger charge is -2.50. The zero-order valence-corrected chi connectivity index (χ0v) is 12.5. The molecule has 3 heteroatoms. The van der Waals surface area contributed by atoms with E-state index in [4.69, 9.17) is 0 Å². The van der Waals surface area contributed by atoms with Crippen molar-refractivity contribution in [3.05, 3.63) is 30.3 Å². The minimum atomic E-state index is -0.0211. The summed E-state index contributed by atoms with van der Waals surface area (Å²) in [6.45, 7) is 0. The molecular weight excluding hydrogens is 260 g/mol. The van der Waals surface area contributed by atoms with Crippen molar-refractivity contribution in [1.82, 2.24) is 5.32 Å². The van der Waals surface area contributed by atoms with E-state index in [1.165, 1.54) is 44.9 Å². The van der Waals surface area contributed by atoms with Crippen LogP contribution in [0.3, 0.4) is 0 Å². The van der Waals surface area contributed by atoms with Crippen LogP contribution < -0.4 is 10.6 Å². The van der Waals surface area contributed by atoms with Crippen LogP contribution in [-0.2, 0) is 0 Å². The van der Waals surface area contributed by atoms with Crippen LogP contribution in [0.1, 0.15) is 44.9 Å². The quantitative estimate of drug-likeness (QED) is 0.841. The summed E-state index contributed by atoms with van der Waals surface area (Å²) in [6, 6.07) is 9.72. The van der Waals surface area contributed by atoms with Gasteiger partial charge in [0.1, 0.15) is 0 Å². The number of anilines is 1. The second kappa shape index (κ2) is 5.04. The highest BCUT2D eigenvalue weighted by atomic mass is 16.2. The first kappa shape index (κ1) is 13.2. The second-order valence-corrected chi connectivity index (χ2v) is 7.23. The molecule has 0 heterocycles. The average Bonchev–Trinajstić information content (AvgIpc) is 2.95. The summed E-state index contributed by atoms with van der Waals surface area (Å²) >= 11 is 0. The van der Waals surface area contributed by atoms with Crippen LogP contribution in [0.4, 0.5) is 10.5 Å². The van der Waals surface area contributed by atoms with Crippen molar-refractivity contribution in [3.63, 3.8) is 0 Å². The van der Waals surface area contributed by atoms with Crippen LogP contribution in [0.2, 0.25) is 0 Å². The number of hydrogen-bond donors (Lipinski definition) is 2. The molecule has 21 heavy (non-hydrogen) atoms. The number of nitrogens with one attached hydrogen (secondary N) is 2. The molecule has 2 N–H and O–H groups in total. The third-order valence-corrected chi connectivity index (χ3v) is 6.14. The molecule has 0 radical (unpaired) electrons. The number of rotatable bonds is 2. The standard InChI is InChI=1S/C18H24N2O/c21-17(19-16-6-2-1-3-7-16)20-18-10-4-5-14(12-18)13-8-9-15(18)11-13/h1-3,6-7,13-15H,4-5,8-12H2,(H2,19,20,21)/t13-,14-,15+,18+/m0/s1. The molecule has 2 amide bonds. The summed E-state index contributed by atoms with van der Waals surface area (Å²) in [5.41, 5.74) is 0.952. The maximum Gasteiger partial charge on any atom is 0.319 e. The molecule has 0 aliphatic heterocycles. The Kier molecular flexibility index (Phi) is 3.16. The first-order valence-corrected chi connectivity index (χ1v) is 8.39. The predicted molar refractivity (Wildman–Crippen MR) is 84.1 cm³/mol. The Bertz CT molecular complexity index is 529. The van der Waals surface area contributed by atoms with Gasteiger partial charge in [-0.1, -0.05) is 31.0 Å². The monoisotopic (exact) mass is 284 g/mol. The van der Waals surface area contributed by atoms with Crippen molar-refractivity contribution in [2.45, 2.75) is 50.5 Å². The first-order chi connectivity index (χ1) is 10.3. The highest BCUT2D eigenvalue weighted by molar-refractivity contribution is 5.89. The number of fused-ring (bicyclic) bond motifs is 6. The van der Waals surface area contributed by atoms with Gasteiger partial charge in [-0.05, 0) is 62.0 Å². The molecule has 3 aliphatic rings. The zero-order valence-electron chi connectivity index (χ0n) is 12.5. The van der Waals surface area contributed by atoms with Crippen molar-refractivity contribution in [2.24, 2.45) is 17.8 Å². The Morgan fingerprint density at radius 3 is 2.81 bits per heavy atom. The molecule has 3 aliphatic carbocycles. The van der Waals surface area contributed by atoms with E-state index in [9.17, 15) is 4.79 Å². The van der Waals surface area contributed by atoms with Crippen LogP contribution in [-0.4, -0.2) is 11.6 Å². The lowest BCUT2D eigenvalue weighted by Crippen LogP contribution is -2.58. The van der Waals surface area contributed by atoms with Crippen molar-refractivity contribution in [2.75, 3.05) is 5.32 Å². The van der Waals surface area contributed by atoms with Crippen LogP contribution >= 0.6 is 0 Å². The van der Waals surface area contributed by atoms with E-state index in [1.54, 1.807) is 0 Å². The molecule has 1 aromatic carbocycles. The topological polar surface area (TPSA) is 41.1 Å². The Hall–Kier alpha value is -1.51. The van der Waals surface area contributed by atoms with Gasteiger partial charge in [-0.15, -0.1) is 0 Å². The van der Waals surface area contributed by atoms with Crippen LogP contribution in [0.15, 0.2) is 30.3 Å². The predicted octanol–water partition coefficient (Wildman–Crippen LogP) is 4.17. The number of carbonyl (C=O) groups is 1. The number of carbonyl (C=O) groups excluding carboxylic acids is 1. The van der Waals surface area contributed by atoms with Crippen molar-refractivity contribution in [1.29, 1.82) is 0 Å². The van der Waals surface area contributed by atoms with Crippen molar-refractivity contribution in [3.8, 4) is 0 Å². The molecule has 1 aromatic rings. The fourth-order valence-corrected chi connectivity index (χ4v) is 5.20. The van der Waals surface area contributed by atoms with E-state index in [1.807, 2.05) is 30.3 Å². The van der Waals surface area contributed by atoms with Crippen molar-refractivity contribution >= 4 is 11.7 Å². The molecule has 4 rings (SSSR count). The van der Waals surface area contributed by atoms with E-state index >= 15 is 0 Å². The van der Waals surface area contributed by atoms with Gasteiger partial charge in [0.25, 0.3) is 0 Å². The van der Waals surface area contributed by atoms with E-state index in [-0.39, 0.29) is 11.6 Å². The van der Waals surface area contributed by atoms with Gasteiger partial charge in [-0.25, -0.2) is 4.79 Å². The van der Waals surface area contributed by atoms with Gasteiger partial charge in [0.2, 0.25) is 0 Å². The van der Waals surface area contributed by atoms with Crippen molar-refractivity contribution < 1.29 is 4.79 Å². The SMILES string of the molecule is O=C(Nc1ccccc1)N[C@]12CCC[C@@H](C1)[C@H]1CC[C@@H]2C1. The molecule has 4 atom stereocenters. The summed E-state index contributed by atoms with van der Waals surface area (Å²) in [7, 11) is 0. The Balaban J connectivity index is 1.49. The van der Waals surface area contributed by atoms with Crippen LogP contribution in [0, 0.1) is 17.8 Å². The molecule has 0 spiro atoms. The number of urea groups is 1. The molecule has 112 valence electrons. The zero-order chi connectivity index (χ0) is 14.3. The summed E-state index contributed by atoms with van der Waals surface area (Å²) < 4.78 is 0. The van der Waals surface area contributed by atoms with E-state index in [0.29, 0.717) is 5.92 Å². The van der Waals surface area contributed by atoms with E-state index < -0.39 is 0 Å². The third-order valence-electron chi connectivity index (χ3n) is 6.14.